The van der Waals surface area contributed by atoms with Crippen LogP contribution in [0, 0.1) is 11.6 Å². The highest BCUT2D eigenvalue weighted by molar-refractivity contribution is 5.98. The maximum Gasteiger partial charge on any atom is 0.331 e. The van der Waals surface area contributed by atoms with E-state index in [9.17, 15) is 18.4 Å². The molecular weight excluding hydrogens is 280 g/mol. The molecule has 1 aromatic rings. The number of nitrogens with one attached hydrogen (secondary N) is 1. The van der Waals surface area contributed by atoms with Crippen LogP contribution >= 0.6 is 0 Å². The quantitative estimate of drug-likeness (QED) is 0.872. The van der Waals surface area contributed by atoms with Crippen LogP contribution in [-0.2, 0) is 9.53 Å². The van der Waals surface area contributed by atoms with Crippen molar-refractivity contribution in [2.75, 3.05) is 7.11 Å². The first kappa shape index (κ1) is 15.4. The molecule has 0 bridgehead atoms. The van der Waals surface area contributed by atoms with Crippen LogP contribution < -0.4 is 5.32 Å². The Labute approximate surface area is 121 Å². The maximum atomic E-state index is 13.2. The number of methoxy groups -OCH3 is 1. The van der Waals surface area contributed by atoms with E-state index >= 15 is 0 Å². The number of halogens is 2. The molecule has 1 amide bonds. The summed E-state index contributed by atoms with van der Waals surface area (Å²) in [6.07, 6.45) is 3.55. The number of hydrogen-bond donors (Lipinski definition) is 1. The van der Waals surface area contributed by atoms with Gasteiger partial charge in [-0.3, -0.25) is 4.79 Å². The van der Waals surface area contributed by atoms with E-state index in [1.807, 2.05) is 0 Å². The SMILES string of the molecule is COC(=O)C1(NC(=O)c2ccc(F)c(F)c2)CCCCC1. The summed E-state index contributed by atoms with van der Waals surface area (Å²) in [5.74, 6) is -3.23. The van der Waals surface area contributed by atoms with Crippen molar-refractivity contribution >= 4 is 11.9 Å². The van der Waals surface area contributed by atoms with Gasteiger partial charge in [-0.15, -0.1) is 0 Å². The minimum absolute atomic E-state index is 0.0252. The van der Waals surface area contributed by atoms with Crippen molar-refractivity contribution in [2.45, 2.75) is 37.6 Å². The van der Waals surface area contributed by atoms with Crippen molar-refractivity contribution in [3.8, 4) is 0 Å². The fourth-order valence-electron chi connectivity index (χ4n) is 2.66. The molecule has 1 aromatic carbocycles. The minimum Gasteiger partial charge on any atom is -0.467 e. The lowest BCUT2D eigenvalue weighted by Gasteiger charge is -2.35. The first-order valence-electron chi connectivity index (χ1n) is 6.84. The molecule has 0 atom stereocenters. The Morgan fingerprint density at radius 3 is 2.38 bits per heavy atom. The van der Waals surface area contributed by atoms with Gasteiger partial charge in [-0.05, 0) is 31.0 Å². The molecule has 1 saturated carbocycles. The molecule has 0 saturated heterocycles. The van der Waals surface area contributed by atoms with Gasteiger partial charge in [0, 0.05) is 5.56 Å². The first-order valence-corrected chi connectivity index (χ1v) is 6.84. The minimum atomic E-state index is -1.10. The standard InChI is InChI=1S/C15H17F2NO3/c1-21-14(20)15(7-3-2-4-8-15)18-13(19)10-5-6-11(16)12(17)9-10/h5-6,9H,2-4,7-8H2,1H3,(H,18,19). The average Bonchev–Trinajstić information content (AvgIpc) is 2.50. The molecule has 0 aliphatic heterocycles. The fraction of sp³-hybridized carbons (Fsp3) is 0.467. The van der Waals surface area contributed by atoms with E-state index in [-0.39, 0.29) is 5.56 Å². The smallest absolute Gasteiger partial charge is 0.331 e. The molecule has 0 radical (unpaired) electrons. The highest BCUT2D eigenvalue weighted by Crippen LogP contribution is 2.29. The lowest BCUT2D eigenvalue weighted by molar-refractivity contribution is -0.149. The highest BCUT2D eigenvalue weighted by Gasteiger charge is 2.42. The largest absolute Gasteiger partial charge is 0.467 e. The van der Waals surface area contributed by atoms with Gasteiger partial charge in [-0.25, -0.2) is 13.6 Å². The summed E-state index contributed by atoms with van der Waals surface area (Å²) in [6.45, 7) is 0. The van der Waals surface area contributed by atoms with Crippen molar-refractivity contribution in [1.29, 1.82) is 0 Å². The Morgan fingerprint density at radius 1 is 1.14 bits per heavy atom. The second-order valence-corrected chi connectivity index (χ2v) is 5.22. The molecule has 1 fully saturated rings. The monoisotopic (exact) mass is 297 g/mol. The van der Waals surface area contributed by atoms with Gasteiger partial charge in [0.15, 0.2) is 11.6 Å². The summed E-state index contributed by atoms with van der Waals surface area (Å²) in [5.41, 5.74) is -1.10. The molecule has 6 heteroatoms. The summed E-state index contributed by atoms with van der Waals surface area (Å²) in [5, 5.41) is 2.64. The third kappa shape index (κ3) is 3.20. The van der Waals surface area contributed by atoms with E-state index in [4.69, 9.17) is 4.74 Å². The Hall–Kier alpha value is -1.98. The third-order valence-corrected chi connectivity index (χ3v) is 3.82. The van der Waals surface area contributed by atoms with Crippen LogP contribution in [-0.4, -0.2) is 24.5 Å². The molecule has 1 aliphatic rings. The number of esters is 1. The molecule has 1 N–H and O–H groups in total. The zero-order valence-electron chi connectivity index (χ0n) is 11.7. The zero-order valence-corrected chi connectivity index (χ0v) is 11.7. The van der Waals surface area contributed by atoms with Gasteiger partial charge in [0.05, 0.1) is 7.11 Å². The van der Waals surface area contributed by atoms with Gasteiger partial charge >= 0.3 is 5.97 Å². The van der Waals surface area contributed by atoms with Crippen molar-refractivity contribution < 1.29 is 23.1 Å². The third-order valence-electron chi connectivity index (χ3n) is 3.82. The lowest BCUT2D eigenvalue weighted by atomic mass is 9.81. The second kappa shape index (κ2) is 6.20. The summed E-state index contributed by atoms with van der Waals surface area (Å²) >= 11 is 0. The summed E-state index contributed by atoms with van der Waals surface area (Å²) < 4.78 is 30.9. The van der Waals surface area contributed by atoms with Crippen LogP contribution in [0.1, 0.15) is 42.5 Å². The number of amides is 1. The molecule has 0 aromatic heterocycles. The van der Waals surface area contributed by atoms with Crippen molar-refractivity contribution in [3.63, 3.8) is 0 Å². The van der Waals surface area contributed by atoms with E-state index in [0.717, 1.165) is 31.4 Å². The number of carbonyl (C=O) groups excluding carboxylic acids is 2. The number of benzene rings is 1. The van der Waals surface area contributed by atoms with Crippen LogP contribution in [0.4, 0.5) is 8.78 Å². The summed E-state index contributed by atoms with van der Waals surface area (Å²) in [4.78, 5) is 24.2. The van der Waals surface area contributed by atoms with Crippen LogP contribution in [0.5, 0.6) is 0 Å². The summed E-state index contributed by atoms with van der Waals surface area (Å²) in [6, 6.07) is 2.88. The van der Waals surface area contributed by atoms with E-state index in [1.54, 1.807) is 0 Å². The number of carbonyl (C=O) groups is 2. The molecule has 2 rings (SSSR count). The maximum absolute atomic E-state index is 13.2. The van der Waals surface area contributed by atoms with Crippen molar-refractivity contribution in [3.05, 3.63) is 35.4 Å². The van der Waals surface area contributed by atoms with Gasteiger partial charge in [0.1, 0.15) is 5.54 Å². The first-order chi connectivity index (χ1) is 9.98. The second-order valence-electron chi connectivity index (χ2n) is 5.22. The van der Waals surface area contributed by atoms with Gasteiger partial charge in [-0.1, -0.05) is 19.3 Å². The fourth-order valence-corrected chi connectivity index (χ4v) is 2.66. The molecular formula is C15H17F2NO3. The van der Waals surface area contributed by atoms with E-state index < -0.39 is 29.0 Å². The van der Waals surface area contributed by atoms with Gasteiger partial charge in [0.25, 0.3) is 5.91 Å². The summed E-state index contributed by atoms with van der Waals surface area (Å²) in [7, 11) is 1.27. The normalized spacial score (nSPS) is 17.1. The Bertz CT molecular complexity index is 554. The number of ether oxygens (including phenoxy) is 1. The van der Waals surface area contributed by atoms with Crippen molar-refractivity contribution in [2.24, 2.45) is 0 Å². The highest BCUT2D eigenvalue weighted by atomic mass is 19.2. The molecule has 0 unspecified atom stereocenters. The van der Waals surface area contributed by atoms with Gasteiger partial charge in [0.2, 0.25) is 0 Å². The number of hydrogen-bond acceptors (Lipinski definition) is 3. The van der Waals surface area contributed by atoms with Crippen LogP contribution in [0.15, 0.2) is 18.2 Å². The predicted molar refractivity (Wildman–Crippen MR) is 71.7 cm³/mol. The average molecular weight is 297 g/mol. The molecule has 0 spiro atoms. The molecule has 4 nitrogen and oxygen atoms in total. The Kier molecular flexibility index (Phi) is 4.55. The Morgan fingerprint density at radius 2 is 1.81 bits per heavy atom. The van der Waals surface area contributed by atoms with Crippen LogP contribution in [0.25, 0.3) is 0 Å². The molecule has 0 heterocycles. The topological polar surface area (TPSA) is 55.4 Å². The van der Waals surface area contributed by atoms with Gasteiger partial charge < -0.3 is 10.1 Å². The van der Waals surface area contributed by atoms with E-state index in [1.165, 1.54) is 13.2 Å². The zero-order chi connectivity index (χ0) is 15.5. The molecule has 114 valence electrons. The van der Waals surface area contributed by atoms with Crippen LogP contribution in [0.3, 0.4) is 0 Å². The van der Waals surface area contributed by atoms with Crippen LogP contribution in [0.2, 0.25) is 0 Å². The van der Waals surface area contributed by atoms with E-state index in [2.05, 4.69) is 5.32 Å². The van der Waals surface area contributed by atoms with Gasteiger partial charge in [-0.2, -0.15) is 0 Å². The Balaban J connectivity index is 2.21. The molecule has 1 aliphatic carbocycles. The van der Waals surface area contributed by atoms with E-state index in [0.29, 0.717) is 12.8 Å². The number of rotatable bonds is 3. The lowest BCUT2D eigenvalue weighted by Crippen LogP contribution is -2.56. The van der Waals surface area contributed by atoms with Crippen molar-refractivity contribution in [1.82, 2.24) is 5.32 Å². The molecule has 21 heavy (non-hydrogen) atoms. The predicted octanol–water partition coefficient (Wildman–Crippen LogP) is 2.57.